The number of nitrogens with zero attached hydrogens (tertiary/aromatic N) is 1. The molecule has 0 aliphatic carbocycles. The second kappa shape index (κ2) is 8.41. The number of carbonyl (C=O) groups is 3. The Bertz CT molecular complexity index is 773. The summed E-state index contributed by atoms with van der Waals surface area (Å²) in [6, 6.07) is 5.28. The fourth-order valence-corrected chi connectivity index (χ4v) is 4.34. The van der Waals surface area contributed by atoms with Crippen LogP contribution in [-0.4, -0.2) is 40.7 Å². The van der Waals surface area contributed by atoms with Crippen LogP contribution in [0.25, 0.3) is 0 Å². The van der Waals surface area contributed by atoms with E-state index in [-0.39, 0.29) is 29.7 Å². The lowest BCUT2D eigenvalue weighted by atomic mass is 9.88. The zero-order valence-corrected chi connectivity index (χ0v) is 16.7. The molecular formula is C21H30N4O3. The van der Waals surface area contributed by atoms with Gasteiger partial charge >= 0.3 is 0 Å². The molecule has 1 fully saturated rings. The van der Waals surface area contributed by atoms with Crippen molar-refractivity contribution in [3.63, 3.8) is 0 Å². The average molecular weight is 386 g/mol. The van der Waals surface area contributed by atoms with Crippen LogP contribution in [-0.2, 0) is 22.7 Å². The molecule has 3 rings (SSSR count). The standard InChI is InChI=1S/C21H30N4O3/c1-3-21(4-2,10-11-22)23-12-14-6-5-7-15-13-25(20(28)18(14)15)16-8-9-17(26)24-19(16)27/h5-7,16,23H,3-4,8-13,22H2,1-2H3,(H,24,26,27). The number of hydrogen-bond acceptors (Lipinski definition) is 5. The second-order valence-electron chi connectivity index (χ2n) is 7.73. The maximum Gasteiger partial charge on any atom is 0.255 e. The Hall–Kier alpha value is -2.25. The van der Waals surface area contributed by atoms with Crippen LogP contribution in [0.2, 0.25) is 0 Å². The van der Waals surface area contributed by atoms with E-state index in [1.165, 1.54) is 0 Å². The Balaban J connectivity index is 1.79. The first-order valence-corrected chi connectivity index (χ1v) is 10.1. The molecular weight excluding hydrogens is 356 g/mol. The van der Waals surface area contributed by atoms with Gasteiger partial charge in [-0.15, -0.1) is 0 Å². The number of carbonyl (C=O) groups excluding carboxylic acids is 3. The zero-order valence-electron chi connectivity index (χ0n) is 16.7. The van der Waals surface area contributed by atoms with Crippen LogP contribution in [0.1, 0.15) is 67.4 Å². The first-order valence-electron chi connectivity index (χ1n) is 10.1. The van der Waals surface area contributed by atoms with E-state index in [0.29, 0.717) is 31.6 Å². The van der Waals surface area contributed by atoms with Crippen LogP contribution < -0.4 is 16.4 Å². The first-order chi connectivity index (χ1) is 13.4. The maximum absolute atomic E-state index is 13.1. The second-order valence-corrected chi connectivity index (χ2v) is 7.73. The van der Waals surface area contributed by atoms with E-state index >= 15 is 0 Å². The molecule has 1 unspecified atom stereocenters. The monoisotopic (exact) mass is 386 g/mol. The maximum atomic E-state index is 13.1. The van der Waals surface area contributed by atoms with Crippen molar-refractivity contribution in [2.75, 3.05) is 6.54 Å². The van der Waals surface area contributed by atoms with Crippen molar-refractivity contribution in [3.05, 3.63) is 34.9 Å². The fourth-order valence-electron chi connectivity index (χ4n) is 4.34. The summed E-state index contributed by atoms with van der Waals surface area (Å²) in [5.74, 6) is -0.777. The predicted molar refractivity (Wildman–Crippen MR) is 106 cm³/mol. The number of amides is 3. The minimum Gasteiger partial charge on any atom is -0.330 e. The molecule has 1 aromatic rings. The molecule has 4 N–H and O–H groups in total. The van der Waals surface area contributed by atoms with Crippen molar-refractivity contribution in [3.8, 4) is 0 Å². The van der Waals surface area contributed by atoms with Gasteiger partial charge in [0.1, 0.15) is 6.04 Å². The lowest BCUT2D eigenvalue weighted by Gasteiger charge is -2.33. The third-order valence-electron chi connectivity index (χ3n) is 6.27. The van der Waals surface area contributed by atoms with Gasteiger partial charge in [-0.1, -0.05) is 32.0 Å². The summed E-state index contributed by atoms with van der Waals surface area (Å²) in [6.45, 7) is 5.91. The van der Waals surface area contributed by atoms with Crippen LogP contribution in [0.15, 0.2) is 18.2 Å². The van der Waals surface area contributed by atoms with E-state index in [2.05, 4.69) is 24.5 Å². The summed E-state index contributed by atoms with van der Waals surface area (Å²) in [5.41, 5.74) is 8.34. The molecule has 0 aromatic heterocycles. The van der Waals surface area contributed by atoms with Gasteiger partial charge in [0.25, 0.3) is 5.91 Å². The van der Waals surface area contributed by atoms with Gasteiger partial charge < -0.3 is 16.0 Å². The van der Waals surface area contributed by atoms with Crippen LogP contribution in [0, 0.1) is 0 Å². The van der Waals surface area contributed by atoms with E-state index in [0.717, 1.165) is 30.4 Å². The molecule has 2 aliphatic rings. The third-order valence-corrected chi connectivity index (χ3v) is 6.27. The molecule has 7 nitrogen and oxygen atoms in total. The fraction of sp³-hybridized carbons (Fsp3) is 0.571. The summed E-state index contributed by atoms with van der Waals surface area (Å²) in [5, 5.41) is 5.98. The Morgan fingerprint density at radius 2 is 2.00 bits per heavy atom. The Morgan fingerprint density at radius 1 is 1.25 bits per heavy atom. The lowest BCUT2D eigenvalue weighted by molar-refractivity contribution is -0.136. The van der Waals surface area contributed by atoms with Crippen molar-refractivity contribution in [2.24, 2.45) is 5.73 Å². The van der Waals surface area contributed by atoms with Gasteiger partial charge in [0.05, 0.1) is 0 Å². The zero-order chi connectivity index (χ0) is 20.3. The Morgan fingerprint density at radius 3 is 2.64 bits per heavy atom. The smallest absolute Gasteiger partial charge is 0.255 e. The average Bonchev–Trinajstić information content (AvgIpc) is 3.02. The normalized spacial score (nSPS) is 19.8. The molecule has 28 heavy (non-hydrogen) atoms. The number of benzene rings is 1. The van der Waals surface area contributed by atoms with Crippen LogP contribution in [0.5, 0.6) is 0 Å². The minimum atomic E-state index is -0.582. The SMILES string of the molecule is CCC(CC)(CCN)NCc1cccc2c1C(=O)N(C1CCC(=O)NC1=O)C2. The number of fused-ring (bicyclic) bond motifs is 1. The van der Waals surface area contributed by atoms with E-state index in [1.807, 2.05) is 18.2 Å². The number of imide groups is 1. The van der Waals surface area contributed by atoms with Crippen LogP contribution in [0.4, 0.5) is 0 Å². The highest BCUT2D eigenvalue weighted by molar-refractivity contribution is 6.05. The van der Waals surface area contributed by atoms with E-state index < -0.39 is 6.04 Å². The van der Waals surface area contributed by atoms with Gasteiger partial charge in [-0.2, -0.15) is 0 Å². The summed E-state index contributed by atoms with van der Waals surface area (Å²) in [6.07, 6.45) is 3.45. The van der Waals surface area contributed by atoms with Gasteiger partial charge in [0.2, 0.25) is 11.8 Å². The number of rotatable bonds is 8. The third kappa shape index (κ3) is 3.82. The topological polar surface area (TPSA) is 105 Å². The molecule has 0 radical (unpaired) electrons. The van der Waals surface area contributed by atoms with Gasteiger partial charge in [0, 0.05) is 30.6 Å². The molecule has 2 heterocycles. The highest BCUT2D eigenvalue weighted by Gasteiger charge is 2.40. The first kappa shape index (κ1) is 20.5. The van der Waals surface area contributed by atoms with Crippen LogP contribution in [0.3, 0.4) is 0 Å². The lowest BCUT2D eigenvalue weighted by Crippen LogP contribution is -2.52. The minimum absolute atomic E-state index is 0.0393. The highest BCUT2D eigenvalue weighted by Crippen LogP contribution is 2.30. The quantitative estimate of drug-likeness (QED) is 0.587. The Kier molecular flexibility index (Phi) is 6.15. The van der Waals surface area contributed by atoms with E-state index in [9.17, 15) is 14.4 Å². The van der Waals surface area contributed by atoms with Crippen molar-refractivity contribution < 1.29 is 14.4 Å². The summed E-state index contributed by atoms with van der Waals surface area (Å²) in [4.78, 5) is 38.4. The van der Waals surface area contributed by atoms with Crippen molar-refractivity contribution in [1.29, 1.82) is 0 Å². The van der Waals surface area contributed by atoms with Crippen LogP contribution >= 0.6 is 0 Å². The van der Waals surface area contributed by atoms with Gasteiger partial charge in [0.15, 0.2) is 0 Å². The Labute approximate surface area is 166 Å². The van der Waals surface area contributed by atoms with E-state index in [4.69, 9.17) is 5.73 Å². The molecule has 7 heteroatoms. The molecule has 0 bridgehead atoms. The van der Waals surface area contributed by atoms with Crippen molar-refractivity contribution >= 4 is 17.7 Å². The molecule has 1 aromatic carbocycles. The largest absolute Gasteiger partial charge is 0.330 e. The highest BCUT2D eigenvalue weighted by atomic mass is 16.2. The van der Waals surface area contributed by atoms with Crippen molar-refractivity contribution in [2.45, 2.75) is 70.6 Å². The molecule has 3 amide bonds. The molecule has 1 saturated heterocycles. The van der Waals surface area contributed by atoms with Gasteiger partial charge in [-0.05, 0) is 43.4 Å². The molecule has 0 saturated carbocycles. The number of hydrogen-bond donors (Lipinski definition) is 3. The summed E-state index contributed by atoms with van der Waals surface area (Å²) < 4.78 is 0. The number of piperidine rings is 1. The number of nitrogens with one attached hydrogen (secondary N) is 2. The van der Waals surface area contributed by atoms with Gasteiger partial charge in [-0.3, -0.25) is 19.7 Å². The van der Waals surface area contributed by atoms with Crippen molar-refractivity contribution in [1.82, 2.24) is 15.5 Å². The number of nitrogens with two attached hydrogens (primary N) is 1. The predicted octanol–water partition coefficient (Wildman–Crippen LogP) is 1.44. The van der Waals surface area contributed by atoms with E-state index in [1.54, 1.807) is 4.90 Å². The summed E-state index contributed by atoms with van der Waals surface area (Å²) in [7, 11) is 0. The molecule has 1 atom stereocenters. The molecule has 0 spiro atoms. The molecule has 2 aliphatic heterocycles. The summed E-state index contributed by atoms with van der Waals surface area (Å²) >= 11 is 0. The molecule has 152 valence electrons. The van der Waals surface area contributed by atoms with Gasteiger partial charge in [-0.25, -0.2) is 0 Å².